The van der Waals surface area contributed by atoms with Crippen LogP contribution in [-0.2, 0) is 0 Å². The zero-order valence-electron chi connectivity index (χ0n) is 50.0. The molecule has 6 aliphatic heterocycles. The first-order chi connectivity index (χ1) is 32.5. The van der Waals surface area contributed by atoms with Gasteiger partial charge in [0.25, 0.3) is 0 Å². The summed E-state index contributed by atoms with van der Waals surface area (Å²) in [5.74, 6) is 0.281. The highest BCUT2D eigenvalue weighted by Gasteiger charge is 2.37. The van der Waals surface area contributed by atoms with Crippen LogP contribution < -0.4 is 34.4 Å². The van der Waals surface area contributed by atoms with Crippen molar-refractivity contribution in [3.63, 3.8) is 0 Å². The van der Waals surface area contributed by atoms with E-state index in [0.29, 0.717) is 11.6 Å². The summed E-state index contributed by atoms with van der Waals surface area (Å²) in [5, 5.41) is 47.3. The molecule has 6 aliphatic rings. The van der Waals surface area contributed by atoms with Gasteiger partial charge in [-0.3, -0.25) is 29.4 Å². The van der Waals surface area contributed by atoms with Crippen molar-refractivity contribution in [2.24, 2.45) is 40.3 Å². The highest BCUT2D eigenvalue weighted by Crippen LogP contribution is 2.25. The zero-order valence-corrected chi connectivity index (χ0v) is 50.0. The molecule has 6 rings (SSSR count). The van der Waals surface area contributed by atoms with Crippen LogP contribution in [0.1, 0.15) is 170 Å². The van der Waals surface area contributed by atoms with E-state index < -0.39 is 0 Å². The van der Waals surface area contributed by atoms with Gasteiger partial charge in [-0.05, 0) is 176 Å². The number of aliphatic hydroxyl groups is 5. The van der Waals surface area contributed by atoms with E-state index in [2.05, 4.69) is 161 Å². The van der Waals surface area contributed by atoms with Crippen molar-refractivity contribution >= 4 is 0 Å². The molecule has 432 valence electrons. The summed E-state index contributed by atoms with van der Waals surface area (Å²) in [4.78, 5) is 14.1. The van der Waals surface area contributed by atoms with Crippen LogP contribution in [0.5, 0.6) is 0 Å². The van der Waals surface area contributed by atoms with Gasteiger partial charge in [-0.1, -0.05) is 6.92 Å². The van der Waals surface area contributed by atoms with E-state index in [1.165, 1.54) is 19.4 Å². The van der Waals surface area contributed by atoms with Crippen molar-refractivity contribution < 1.29 is 25.5 Å². The Balaban J connectivity index is 0.000000432. The normalized spacial score (nSPS) is 33.8. The van der Waals surface area contributed by atoms with Gasteiger partial charge in [-0.2, -0.15) is 0 Å². The van der Waals surface area contributed by atoms with Gasteiger partial charge < -0.3 is 59.9 Å². The molecule has 12 atom stereocenters. The standard InChI is InChI=1S/C10H22N2O.4C9H20N2O.C9H20N2/c1-7-5-12(10(2,3)4)6-8(11)9(7)13;4*1-9(2,3)11-5-4-8(12)7(10)6-11;1-9(2,3)11-6-4-5-8(10)7-11/h7-9,13H,5-6,11H2,1-4H3;4*7-8,12H,4-6,10H2,1-3H3;8H,4-7,10H2,1-3H3/t7-,8+,9+;2*7-,8+;2*7-,8-;8-/m010101/s1. The molecule has 17 N–H and O–H groups in total. The van der Waals surface area contributed by atoms with Gasteiger partial charge in [0.2, 0.25) is 0 Å². The number of nitrogens with two attached hydrogens (primary N) is 6. The number of rotatable bonds is 0. The number of nitrogens with zero attached hydrogens (tertiary/aromatic N) is 6. The molecule has 17 nitrogen and oxygen atoms in total. The van der Waals surface area contributed by atoms with Crippen LogP contribution in [0.25, 0.3) is 0 Å². The molecule has 0 unspecified atom stereocenters. The lowest BCUT2D eigenvalue weighted by molar-refractivity contribution is -0.0160. The van der Waals surface area contributed by atoms with Crippen molar-refractivity contribution in [2.45, 2.75) is 270 Å². The van der Waals surface area contributed by atoms with Crippen molar-refractivity contribution in [3.05, 3.63) is 0 Å². The fraction of sp³-hybridized carbons (Fsp3) is 1.00. The van der Waals surface area contributed by atoms with Gasteiger partial charge in [-0.15, -0.1) is 0 Å². The quantitative estimate of drug-likeness (QED) is 0.166. The molecule has 0 aromatic rings. The van der Waals surface area contributed by atoms with E-state index in [1.54, 1.807) is 0 Å². The van der Waals surface area contributed by atoms with E-state index in [1.807, 2.05) is 0 Å². The second-order valence-electron chi connectivity index (χ2n) is 28.3. The predicted molar refractivity (Wildman–Crippen MR) is 303 cm³/mol. The SMILES string of the molecule is CC(C)(C)N1CCC[C@@H](N)C1.CC(C)(C)N1CC[C@@H](O)[C@@H](N)C1.CC(C)(C)N1CC[C@@H](O)[C@H](N)C1.CC(C)(C)N1CC[C@H](O)[C@@H](N)C1.CC(C)(C)N1CC[C@H](O)[C@H](N)C1.C[C@H]1CN(C(C)(C)C)C[C@@H](N)[C@@H]1O. The Kier molecular flexibility index (Phi) is 28.3. The summed E-state index contributed by atoms with van der Waals surface area (Å²) in [7, 11) is 0. The Labute approximate surface area is 442 Å². The number of hydrogen-bond donors (Lipinski definition) is 11. The van der Waals surface area contributed by atoms with Gasteiger partial charge in [0.05, 0.1) is 30.5 Å². The smallest absolute Gasteiger partial charge is 0.0741 e. The summed E-state index contributed by atoms with van der Waals surface area (Å²) in [6.07, 6.45) is 4.14. The molecule has 72 heavy (non-hydrogen) atoms. The molecule has 6 fully saturated rings. The minimum absolute atomic E-state index is 0.0713. The first kappa shape index (κ1) is 69.3. The Morgan fingerprint density at radius 2 is 0.542 bits per heavy atom. The lowest BCUT2D eigenvalue weighted by Crippen LogP contribution is -2.60. The minimum atomic E-state index is -0.335. The lowest BCUT2D eigenvalue weighted by atomic mass is 9.89. The summed E-state index contributed by atoms with van der Waals surface area (Å²) >= 11 is 0. The van der Waals surface area contributed by atoms with Crippen molar-refractivity contribution in [3.8, 4) is 0 Å². The van der Waals surface area contributed by atoms with E-state index in [4.69, 9.17) is 34.4 Å². The number of hydrogen-bond acceptors (Lipinski definition) is 17. The van der Waals surface area contributed by atoms with Gasteiger partial charge in [0.1, 0.15) is 0 Å². The molecule has 0 radical (unpaired) electrons. The first-order valence-corrected chi connectivity index (χ1v) is 27.9. The van der Waals surface area contributed by atoms with Gasteiger partial charge in [0, 0.05) is 141 Å². The van der Waals surface area contributed by atoms with E-state index in [0.717, 1.165) is 97.7 Å². The highest BCUT2D eigenvalue weighted by molar-refractivity contribution is 4.94. The van der Waals surface area contributed by atoms with E-state index >= 15 is 0 Å². The van der Waals surface area contributed by atoms with E-state index in [-0.39, 0.29) is 94.3 Å². The van der Waals surface area contributed by atoms with Crippen LogP contribution >= 0.6 is 0 Å². The predicted octanol–water partition coefficient (Wildman–Crippen LogP) is 2.35. The molecule has 17 heteroatoms. The van der Waals surface area contributed by atoms with Gasteiger partial charge >= 0.3 is 0 Å². The maximum absolute atomic E-state index is 9.68. The molecule has 0 bridgehead atoms. The van der Waals surface area contributed by atoms with Crippen LogP contribution in [0.15, 0.2) is 0 Å². The van der Waals surface area contributed by atoms with Crippen LogP contribution in [-0.4, -0.2) is 233 Å². The Morgan fingerprint density at radius 1 is 0.306 bits per heavy atom. The molecule has 0 saturated carbocycles. The summed E-state index contributed by atoms with van der Waals surface area (Å²) in [6.45, 7) is 52.6. The first-order valence-electron chi connectivity index (χ1n) is 27.9. The van der Waals surface area contributed by atoms with Gasteiger partial charge in [-0.25, -0.2) is 0 Å². The lowest BCUT2D eigenvalue weighted by Gasteiger charge is -2.45. The third-order valence-corrected chi connectivity index (χ3v) is 15.6. The Hall–Kier alpha value is -0.680. The largest absolute Gasteiger partial charge is 0.391 e. The highest BCUT2D eigenvalue weighted by atomic mass is 16.3. The van der Waals surface area contributed by atoms with Crippen LogP contribution in [0, 0.1) is 5.92 Å². The average molecular weight is 1030 g/mol. The van der Waals surface area contributed by atoms with Gasteiger partial charge in [0.15, 0.2) is 0 Å². The fourth-order valence-corrected chi connectivity index (χ4v) is 9.80. The molecule has 0 spiro atoms. The molecule has 6 heterocycles. The third kappa shape index (κ3) is 25.2. The second-order valence-corrected chi connectivity index (χ2v) is 28.3. The third-order valence-electron chi connectivity index (χ3n) is 15.6. The molecule has 6 saturated heterocycles. The number of aliphatic hydroxyl groups excluding tert-OH is 5. The monoisotopic (exact) mass is 1030 g/mol. The van der Waals surface area contributed by atoms with Crippen LogP contribution in [0.4, 0.5) is 0 Å². The Morgan fingerprint density at radius 3 is 0.736 bits per heavy atom. The summed E-state index contributed by atoms with van der Waals surface area (Å²) in [6, 6.07) is 0.0258. The molecular weight excluding hydrogens is 909 g/mol. The van der Waals surface area contributed by atoms with Crippen LogP contribution in [0.2, 0.25) is 0 Å². The molecular formula is C55H122N12O5. The second kappa shape index (κ2) is 29.3. The van der Waals surface area contributed by atoms with Crippen molar-refractivity contribution in [2.75, 3.05) is 78.5 Å². The minimum Gasteiger partial charge on any atom is -0.391 e. The molecule has 0 aromatic carbocycles. The fourth-order valence-electron chi connectivity index (χ4n) is 9.80. The molecule has 0 amide bonds. The molecule has 0 aliphatic carbocycles. The van der Waals surface area contributed by atoms with Crippen molar-refractivity contribution in [1.29, 1.82) is 0 Å². The van der Waals surface area contributed by atoms with Crippen molar-refractivity contribution in [1.82, 2.24) is 29.4 Å². The van der Waals surface area contributed by atoms with E-state index in [9.17, 15) is 25.5 Å². The topological polar surface area (TPSA) is 277 Å². The van der Waals surface area contributed by atoms with Crippen LogP contribution in [0.3, 0.4) is 0 Å². The Bertz CT molecular complexity index is 1320. The number of likely N-dealkylation sites (tertiary alicyclic amines) is 6. The zero-order chi connectivity index (χ0) is 56.1. The summed E-state index contributed by atoms with van der Waals surface area (Å²) < 4.78 is 0. The average Bonchev–Trinajstić information content (AvgIpc) is 3.23. The maximum atomic E-state index is 9.68. The molecule has 0 aromatic heterocycles. The maximum Gasteiger partial charge on any atom is 0.0741 e. The summed E-state index contributed by atoms with van der Waals surface area (Å²) in [5.41, 5.74) is 36.0. The number of piperidine rings is 6.